The molecule has 0 saturated carbocycles. The molecule has 1 aliphatic rings. The van der Waals surface area contributed by atoms with Crippen molar-refractivity contribution in [3.05, 3.63) is 64.5 Å². The van der Waals surface area contributed by atoms with Crippen LogP contribution in [-0.2, 0) is 14.2 Å². The van der Waals surface area contributed by atoms with Crippen molar-refractivity contribution in [2.75, 3.05) is 19.8 Å². The van der Waals surface area contributed by atoms with Crippen molar-refractivity contribution < 1.29 is 28.6 Å². The maximum atomic E-state index is 13.1. The monoisotopic (exact) mass is 514 g/mol. The normalized spacial score (nSPS) is 11.6. The summed E-state index contributed by atoms with van der Waals surface area (Å²) in [5.41, 5.74) is 4.50. The first-order chi connectivity index (χ1) is 18.4. The molecule has 0 unspecified atom stereocenters. The quantitative estimate of drug-likeness (QED) is 0.208. The summed E-state index contributed by atoms with van der Waals surface area (Å²) in [6.45, 7) is 5.69. The average molecular weight is 515 g/mol. The summed E-state index contributed by atoms with van der Waals surface area (Å²) in [4.78, 5) is 53.5. The topological polar surface area (TPSA) is 139 Å². The third-order valence-corrected chi connectivity index (χ3v) is 6.02. The van der Waals surface area contributed by atoms with Gasteiger partial charge < -0.3 is 29.2 Å². The van der Waals surface area contributed by atoms with E-state index in [1.165, 1.54) is 0 Å². The minimum absolute atomic E-state index is 0.153. The number of fused-ring (bicyclic) bond motifs is 9. The number of carbonyl (C=O) groups is 3. The molecular weight excluding hydrogens is 488 g/mol. The van der Waals surface area contributed by atoms with Gasteiger partial charge in [0.15, 0.2) is 0 Å². The van der Waals surface area contributed by atoms with Gasteiger partial charge in [-0.3, -0.25) is 0 Å². The Kier molecular flexibility index (Phi) is 6.69. The van der Waals surface area contributed by atoms with E-state index in [9.17, 15) is 14.4 Å². The highest BCUT2D eigenvalue weighted by Crippen LogP contribution is 2.27. The molecule has 0 fully saturated rings. The molecule has 4 aromatic rings. The van der Waals surface area contributed by atoms with E-state index in [0.29, 0.717) is 44.5 Å². The fourth-order valence-corrected chi connectivity index (χ4v) is 4.40. The van der Waals surface area contributed by atoms with Gasteiger partial charge >= 0.3 is 17.9 Å². The Bertz CT molecular complexity index is 1720. The molecule has 0 amide bonds. The molecule has 194 valence electrons. The number of hydrogen-bond donors (Lipinski definition) is 3. The second-order valence-electron chi connectivity index (χ2n) is 8.36. The number of ether oxygens (including phenoxy) is 3. The van der Waals surface area contributed by atoms with Crippen LogP contribution in [0.1, 0.15) is 63.2 Å². The summed E-state index contributed by atoms with van der Waals surface area (Å²) in [5, 5.41) is 0. The Morgan fingerprint density at radius 2 is 0.868 bits per heavy atom. The molecule has 0 aliphatic carbocycles. The molecule has 4 aromatic heterocycles. The molecule has 0 atom stereocenters. The fraction of sp³-hybridized carbons (Fsp3) is 0.214. The van der Waals surface area contributed by atoms with E-state index < -0.39 is 17.9 Å². The standard InChI is InChI=1S/C28H26N4O6/c1-4-36-26(33)23-17-9-7-15(29-17)16-8-10-18(30-16)24(27(34)37-5-2)20-12-14-22(32-20)25(28(35)38-6-3)21-13-11-19(23)31-21/h7-14,29-31H,4-6H2,1-3H3. The van der Waals surface area contributed by atoms with Gasteiger partial charge in [-0.05, 0) is 69.3 Å². The summed E-state index contributed by atoms with van der Waals surface area (Å²) >= 11 is 0. The number of nitrogens with zero attached hydrogens (tertiary/aromatic N) is 1. The van der Waals surface area contributed by atoms with Gasteiger partial charge in [0.25, 0.3) is 0 Å². The van der Waals surface area contributed by atoms with E-state index in [-0.39, 0.29) is 36.5 Å². The van der Waals surface area contributed by atoms with Crippen molar-refractivity contribution in [2.45, 2.75) is 20.8 Å². The van der Waals surface area contributed by atoms with E-state index >= 15 is 0 Å². The van der Waals surface area contributed by atoms with Gasteiger partial charge in [-0.1, -0.05) is 0 Å². The number of nitrogens with one attached hydrogen (secondary N) is 3. The molecule has 5 rings (SSSR count). The van der Waals surface area contributed by atoms with E-state index in [2.05, 4.69) is 19.9 Å². The van der Waals surface area contributed by atoms with Crippen molar-refractivity contribution in [3.8, 4) is 0 Å². The molecule has 38 heavy (non-hydrogen) atoms. The van der Waals surface area contributed by atoms with Crippen molar-refractivity contribution >= 4 is 63.2 Å². The average Bonchev–Trinajstić information content (AvgIpc) is 3.69. The fourth-order valence-electron chi connectivity index (χ4n) is 4.40. The zero-order valence-corrected chi connectivity index (χ0v) is 21.1. The Balaban J connectivity index is 1.97. The minimum Gasteiger partial charge on any atom is -0.462 e. The lowest BCUT2D eigenvalue weighted by Gasteiger charge is -2.04. The van der Waals surface area contributed by atoms with E-state index in [4.69, 9.17) is 14.2 Å². The molecule has 10 nitrogen and oxygen atoms in total. The number of aromatic amines is 3. The van der Waals surface area contributed by atoms with E-state index in [1.54, 1.807) is 57.2 Å². The van der Waals surface area contributed by atoms with Gasteiger partial charge in [0.1, 0.15) is 16.7 Å². The SMILES string of the molecule is CCOC(=O)c1c2nc(c(C(=O)OCC)c3ccc([nH]3)c3ccc([nH]3)c(C(=O)OCC)c3ccc1[nH]3)C=C2. The lowest BCUT2D eigenvalue weighted by molar-refractivity contribution is 0.0519. The molecule has 0 saturated heterocycles. The lowest BCUT2D eigenvalue weighted by atomic mass is 10.2. The molecule has 5 heterocycles. The summed E-state index contributed by atoms with van der Waals surface area (Å²) in [7, 11) is 0. The van der Waals surface area contributed by atoms with Gasteiger partial charge in [-0.15, -0.1) is 0 Å². The number of hydrogen-bond acceptors (Lipinski definition) is 7. The van der Waals surface area contributed by atoms with Crippen molar-refractivity contribution in [3.63, 3.8) is 0 Å². The number of rotatable bonds is 6. The van der Waals surface area contributed by atoms with Gasteiger partial charge in [0, 0.05) is 0 Å². The highest BCUT2D eigenvalue weighted by molar-refractivity contribution is 6.07. The molecular formula is C28H26N4O6. The van der Waals surface area contributed by atoms with E-state index in [1.807, 2.05) is 12.1 Å². The smallest absolute Gasteiger partial charge is 0.342 e. The maximum Gasteiger partial charge on any atom is 0.342 e. The van der Waals surface area contributed by atoms with Gasteiger partial charge in [0.2, 0.25) is 0 Å². The van der Waals surface area contributed by atoms with Gasteiger partial charge in [-0.25, -0.2) is 19.4 Å². The molecule has 10 heteroatoms. The Labute approximate surface area is 217 Å². The summed E-state index contributed by atoms with van der Waals surface area (Å²) in [6, 6.07) is 10.5. The van der Waals surface area contributed by atoms with Crippen molar-refractivity contribution in [1.29, 1.82) is 0 Å². The van der Waals surface area contributed by atoms with Crippen LogP contribution in [-0.4, -0.2) is 57.7 Å². The molecule has 8 bridgehead atoms. The third kappa shape index (κ3) is 4.40. The first-order valence-corrected chi connectivity index (χ1v) is 12.3. The number of carbonyl (C=O) groups excluding carboxylic acids is 3. The molecule has 0 spiro atoms. The maximum absolute atomic E-state index is 13.1. The molecule has 0 aromatic carbocycles. The summed E-state index contributed by atoms with van der Waals surface area (Å²) in [6.07, 6.45) is 3.29. The van der Waals surface area contributed by atoms with Crippen LogP contribution in [0.5, 0.6) is 0 Å². The van der Waals surface area contributed by atoms with Crippen LogP contribution >= 0.6 is 0 Å². The molecule has 3 N–H and O–H groups in total. The number of esters is 3. The minimum atomic E-state index is -0.602. The Morgan fingerprint density at radius 3 is 1.26 bits per heavy atom. The second kappa shape index (κ2) is 10.3. The predicted molar refractivity (Wildman–Crippen MR) is 143 cm³/mol. The summed E-state index contributed by atoms with van der Waals surface area (Å²) in [5.74, 6) is -1.69. The predicted octanol–water partition coefficient (Wildman–Crippen LogP) is 5.23. The van der Waals surface area contributed by atoms with Crippen LogP contribution < -0.4 is 0 Å². The van der Waals surface area contributed by atoms with Gasteiger partial charge in [-0.2, -0.15) is 0 Å². The van der Waals surface area contributed by atoms with Crippen LogP contribution in [0.25, 0.3) is 45.3 Å². The first-order valence-electron chi connectivity index (χ1n) is 12.3. The van der Waals surface area contributed by atoms with Crippen molar-refractivity contribution in [2.24, 2.45) is 0 Å². The van der Waals surface area contributed by atoms with Crippen LogP contribution in [0.15, 0.2) is 36.4 Å². The van der Waals surface area contributed by atoms with Crippen LogP contribution in [0.2, 0.25) is 0 Å². The lowest BCUT2D eigenvalue weighted by Crippen LogP contribution is -2.08. The highest BCUT2D eigenvalue weighted by atomic mass is 16.5. The van der Waals surface area contributed by atoms with E-state index in [0.717, 1.165) is 0 Å². The molecule has 0 radical (unpaired) electrons. The Morgan fingerprint density at radius 1 is 0.553 bits per heavy atom. The Hall–Kier alpha value is -4.86. The molecule has 1 aliphatic heterocycles. The largest absolute Gasteiger partial charge is 0.462 e. The van der Waals surface area contributed by atoms with Crippen LogP contribution in [0.3, 0.4) is 0 Å². The third-order valence-electron chi connectivity index (χ3n) is 6.02. The number of aromatic nitrogens is 4. The number of H-pyrrole nitrogens is 3. The second-order valence-corrected chi connectivity index (χ2v) is 8.36. The zero-order valence-electron chi connectivity index (χ0n) is 21.1. The van der Waals surface area contributed by atoms with Crippen LogP contribution in [0, 0.1) is 0 Å². The highest BCUT2D eigenvalue weighted by Gasteiger charge is 2.22. The van der Waals surface area contributed by atoms with Gasteiger partial charge in [0.05, 0.1) is 64.3 Å². The zero-order chi connectivity index (χ0) is 26.8. The van der Waals surface area contributed by atoms with Crippen molar-refractivity contribution in [1.82, 2.24) is 19.9 Å². The first kappa shape index (κ1) is 24.8. The van der Waals surface area contributed by atoms with Crippen LogP contribution in [0.4, 0.5) is 0 Å². The summed E-state index contributed by atoms with van der Waals surface area (Å²) < 4.78 is 16.0.